The lowest BCUT2D eigenvalue weighted by atomic mass is 9.80. The van der Waals surface area contributed by atoms with Crippen LogP contribution in [0.15, 0.2) is 72.8 Å². The normalized spacial score (nSPS) is 15.2. The highest BCUT2D eigenvalue weighted by Crippen LogP contribution is 2.47. The van der Waals surface area contributed by atoms with Crippen LogP contribution < -0.4 is 18.9 Å². The average Bonchev–Trinajstić information content (AvgIpc) is 1.28. The third-order valence-corrected chi connectivity index (χ3v) is 22.7. The van der Waals surface area contributed by atoms with E-state index in [-0.39, 0.29) is 23.9 Å². The number of esters is 4. The Labute approximate surface area is 626 Å². The minimum absolute atomic E-state index is 0.278. The zero-order valence-corrected chi connectivity index (χ0v) is 68.7. The minimum atomic E-state index is -1.09. The molecule has 0 atom stereocenters. The first-order valence-corrected chi connectivity index (χ1v) is 39.3. The molecule has 2 aliphatic rings. The number of rotatable bonds is 32. The van der Waals surface area contributed by atoms with Gasteiger partial charge in [-0.2, -0.15) is 0 Å². The maximum absolute atomic E-state index is 12.7. The third kappa shape index (κ3) is 24.7. The van der Waals surface area contributed by atoms with Gasteiger partial charge >= 0.3 is 23.9 Å². The molecule has 588 valence electrons. The molecular formula is C88H140O16. The maximum atomic E-state index is 12.7. The molecule has 16 nitrogen and oxygen atoms in total. The predicted octanol–water partition coefficient (Wildman–Crippen LogP) is 19.7. The van der Waals surface area contributed by atoms with Gasteiger partial charge in [-0.1, -0.05) is 134 Å². The van der Waals surface area contributed by atoms with Gasteiger partial charge in [0.2, 0.25) is 0 Å². The second-order valence-electron chi connectivity index (χ2n) is 33.6. The Morgan fingerprint density at radius 1 is 0.298 bits per heavy atom. The van der Waals surface area contributed by atoms with E-state index in [0.717, 1.165) is 73.6 Å². The fourth-order valence-electron chi connectivity index (χ4n) is 12.8. The molecule has 0 spiro atoms. The molecule has 104 heavy (non-hydrogen) atoms. The largest absolute Gasteiger partial charge is 0.426 e. The summed E-state index contributed by atoms with van der Waals surface area (Å²) in [5, 5.41) is 87.5. The van der Waals surface area contributed by atoms with E-state index in [1.54, 1.807) is 82.3 Å². The van der Waals surface area contributed by atoms with Crippen LogP contribution in [0.5, 0.6) is 23.0 Å². The van der Waals surface area contributed by atoms with Crippen LogP contribution in [0, 0.1) is 21.7 Å². The second-order valence-corrected chi connectivity index (χ2v) is 33.6. The van der Waals surface area contributed by atoms with Gasteiger partial charge in [0.25, 0.3) is 0 Å². The number of hydrogen-bond acceptors (Lipinski definition) is 16. The third-order valence-electron chi connectivity index (χ3n) is 22.7. The molecule has 0 radical (unpaired) electrons. The topological polar surface area (TPSA) is 267 Å². The van der Waals surface area contributed by atoms with Crippen LogP contribution in [-0.4, -0.2) is 64.7 Å². The van der Waals surface area contributed by atoms with Gasteiger partial charge in [-0.05, 0) is 303 Å². The summed E-state index contributed by atoms with van der Waals surface area (Å²) in [6.45, 7) is 45.2. The number of aliphatic hydroxyl groups is 8. The molecule has 2 saturated carbocycles. The minimum Gasteiger partial charge on any atom is -0.426 e. The van der Waals surface area contributed by atoms with Gasteiger partial charge in [0.05, 0.1) is 66.5 Å². The fraction of sp³-hybridized carbons (Fsp3) is 0.682. The number of benzene rings is 4. The first-order chi connectivity index (χ1) is 48.0. The lowest BCUT2D eigenvalue weighted by Crippen LogP contribution is -2.31. The van der Waals surface area contributed by atoms with Crippen LogP contribution >= 0.6 is 0 Å². The van der Waals surface area contributed by atoms with Crippen molar-refractivity contribution in [3.8, 4) is 23.0 Å². The Hall–Kier alpha value is -5.56. The fourth-order valence-corrected chi connectivity index (χ4v) is 12.8. The standard InChI is InChI=1S/C26H44O4.C22H32O4.C22H36O4.C18H28O4/c1-8-13-25(28,14-9-2)20-17-21(26(29,15-10-3)16-11-4)19-22(18-20)30-23(27)24(6,7)12-5;1-4-20(2,3)19(23)26-18-14-16(21(24)9-5-6-10-21)13-17(15-18)22(25)11-7-8-12-22;1-8-20(6,7)19(23)26-18-14-16(21(24,9-2)10-3)13-17(15-18)22(25,11-4)12-5;1-8-16(2,3)15(19)22-14-10-12(17(4,5)20)9-13(11-14)18(6,7)21/h17-19,28-29H,8-16H2,1-7H3;13-15,24-25H,4-12H2,1-3H3;13-15,24-25H,8-12H2,1-7H3;9-11,20-21H,8H2,1-7H3. The Morgan fingerprint density at radius 2 is 0.500 bits per heavy atom. The van der Waals surface area contributed by atoms with E-state index in [0.29, 0.717) is 148 Å². The van der Waals surface area contributed by atoms with Crippen molar-refractivity contribution in [1.29, 1.82) is 0 Å². The molecule has 4 aromatic carbocycles. The molecule has 0 saturated heterocycles. The van der Waals surface area contributed by atoms with E-state index in [4.69, 9.17) is 18.9 Å². The van der Waals surface area contributed by atoms with Gasteiger partial charge in [0, 0.05) is 0 Å². The molecule has 6 rings (SSSR count). The van der Waals surface area contributed by atoms with Crippen LogP contribution in [-0.2, 0) is 64.0 Å². The Balaban J connectivity index is 0.000000362. The van der Waals surface area contributed by atoms with Gasteiger partial charge in [-0.3, -0.25) is 19.2 Å². The highest BCUT2D eigenvalue weighted by Gasteiger charge is 2.41. The van der Waals surface area contributed by atoms with Crippen LogP contribution in [0.2, 0.25) is 0 Å². The molecule has 0 bridgehead atoms. The lowest BCUT2D eigenvalue weighted by Gasteiger charge is -2.33. The van der Waals surface area contributed by atoms with Crippen molar-refractivity contribution in [2.45, 2.75) is 365 Å². The van der Waals surface area contributed by atoms with E-state index in [9.17, 15) is 60.0 Å². The predicted molar refractivity (Wildman–Crippen MR) is 416 cm³/mol. The highest BCUT2D eigenvalue weighted by molar-refractivity contribution is 5.80. The highest BCUT2D eigenvalue weighted by atomic mass is 16.6. The van der Waals surface area contributed by atoms with Crippen molar-refractivity contribution in [3.05, 3.63) is 117 Å². The summed E-state index contributed by atoms with van der Waals surface area (Å²) in [6, 6.07) is 21.3. The van der Waals surface area contributed by atoms with Crippen molar-refractivity contribution in [1.82, 2.24) is 0 Å². The zero-order valence-electron chi connectivity index (χ0n) is 68.7. The number of ether oxygens (including phenoxy) is 4. The zero-order chi connectivity index (χ0) is 79.5. The van der Waals surface area contributed by atoms with Gasteiger partial charge in [-0.25, -0.2) is 0 Å². The molecule has 2 aliphatic carbocycles. The molecule has 4 aromatic rings. The molecule has 0 unspecified atom stereocenters. The second kappa shape index (κ2) is 38.0. The smallest absolute Gasteiger partial charge is 0.316 e. The summed E-state index contributed by atoms with van der Waals surface area (Å²) >= 11 is 0. The van der Waals surface area contributed by atoms with Crippen molar-refractivity contribution in [2.75, 3.05) is 0 Å². The van der Waals surface area contributed by atoms with E-state index in [1.807, 2.05) is 129 Å². The molecule has 8 N–H and O–H groups in total. The maximum Gasteiger partial charge on any atom is 0.316 e. The quantitative estimate of drug-likeness (QED) is 0.0167. The van der Waals surface area contributed by atoms with Gasteiger partial charge in [0.15, 0.2) is 0 Å². The number of hydrogen-bond donors (Lipinski definition) is 8. The Kier molecular flexibility index (Phi) is 33.8. The first kappa shape index (κ1) is 92.6. The molecule has 0 amide bonds. The van der Waals surface area contributed by atoms with Crippen molar-refractivity contribution in [3.63, 3.8) is 0 Å². The van der Waals surface area contributed by atoms with Gasteiger partial charge < -0.3 is 59.8 Å². The number of carbonyl (C=O) groups is 4. The lowest BCUT2D eigenvalue weighted by molar-refractivity contribution is -0.144. The van der Waals surface area contributed by atoms with E-state index in [1.165, 1.54) is 0 Å². The SMILES string of the molecule is CCC(C)(C)C(=O)Oc1cc(C(C)(C)O)cc(C(C)(C)O)c1.CCC(C)(C)C(=O)Oc1cc(C(O)(CC)CC)cc(C(O)(CC)CC)c1.CCC(C)(C)C(=O)Oc1cc(C2(O)CCCC2)cc(C2(O)CCCC2)c1.CCCC(O)(CCC)c1cc(OC(=O)C(C)(C)CC)cc(C(O)(CCC)CCC)c1. The number of carbonyl (C=O) groups excluding carboxylic acids is 4. The van der Waals surface area contributed by atoms with Crippen molar-refractivity contribution in [2.24, 2.45) is 21.7 Å². The van der Waals surface area contributed by atoms with E-state index in [2.05, 4.69) is 27.7 Å². The Morgan fingerprint density at radius 3 is 0.702 bits per heavy atom. The summed E-state index contributed by atoms with van der Waals surface area (Å²) in [5.74, 6) is 0.348. The Bertz CT molecular complexity index is 3150. The summed E-state index contributed by atoms with van der Waals surface area (Å²) in [7, 11) is 0. The summed E-state index contributed by atoms with van der Waals surface area (Å²) in [6.07, 6.45) is 17.5. The van der Waals surface area contributed by atoms with Crippen LogP contribution in [0.25, 0.3) is 0 Å². The molecule has 2 fully saturated rings. The average molecular weight is 1450 g/mol. The van der Waals surface area contributed by atoms with Crippen LogP contribution in [0.1, 0.15) is 365 Å². The summed E-state index contributed by atoms with van der Waals surface area (Å²) in [5.41, 5.74) is -4.79. The molecule has 0 aliphatic heterocycles. The van der Waals surface area contributed by atoms with Gasteiger partial charge in [-0.15, -0.1) is 0 Å². The van der Waals surface area contributed by atoms with Crippen molar-refractivity contribution >= 4 is 23.9 Å². The van der Waals surface area contributed by atoms with E-state index < -0.39 is 66.5 Å². The van der Waals surface area contributed by atoms with Crippen molar-refractivity contribution < 1.29 is 79.0 Å². The molecule has 0 heterocycles. The monoisotopic (exact) mass is 1450 g/mol. The molecule has 16 heteroatoms. The van der Waals surface area contributed by atoms with Crippen LogP contribution in [0.4, 0.5) is 0 Å². The van der Waals surface area contributed by atoms with Crippen LogP contribution in [0.3, 0.4) is 0 Å². The first-order valence-electron chi connectivity index (χ1n) is 39.3. The molecular weight excluding hydrogens is 1310 g/mol. The van der Waals surface area contributed by atoms with Gasteiger partial charge in [0.1, 0.15) is 23.0 Å². The summed E-state index contributed by atoms with van der Waals surface area (Å²) in [4.78, 5) is 50.0. The molecule has 0 aromatic heterocycles. The summed E-state index contributed by atoms with van der Waals surface area (Å²) < 4.78 is 22.6. The van der Waals surface area contributed by atoms with E-state index >= 15 is 0 Å².